The van der Waals surface area contributed by atoms with Gasteiger partial charge in [0.25, 0.3) is 0 Å². The fourth-order valence-corrected chi connectivity index (χ4v) is 12.0. The third-order valence-electron chi connectivity index (χ3n) is 3.02. The Balaban J connectivity index is 2.88. The van der Waals surface area contributed by atoms with Crippen molar-refractivity contribution in [2.75, 3.05) is 6.61 Å². The minimum absolute atomic E-state index is 0.759. The molecule has 6 heteroatoms. The second kappa shape index (κ2) is 5.98. The topological polar surface area (TPSA) is 27.7 Å². The maximum Gasteiger partial charge on any atom is 0.480 e. The van der Waals surface area contributed by atoms with Crippen LogP contribution in [0.1, 0.15) is 12.8 Å². The molecule has 0 aliphatic carbocycles. The first-order valence-electron chi connectivity index (χ1n) is 6.56. The van der Waals surface area contributed by atoms with E-state index in [-0.39, 0.29) is 0 Å². The first-order chi connectivity index (χ1) is 8.24. The SMILES string of the molecule is C=C[Si](C)(C)O[Si]1(O[Si](C)(C)C=C)CCCCO1. The fourth-order valence-electron chi connectivity index (χ4n) is 1.81. The molecule has 1 saturated heterocycles. The van der Waals surface area contributed by atoms with Crippen LogP contribution >= 0.6 is 0 Å². The molecule has 1 aliphatic heterocycles. The fraction of sp³-hybridized carbons (Fsp3) is 0.667. The van der Waals surface area contributed by atoms with Crippen molar-refractivity contribution in [3.05, 3.63) is 24.6 Å². The van der Waals surface area contributed by atoms with Crippen molar-refractivity contribution < 1.29 is 12.7 Å². The minimum atomic E-state index is -2.51. The van der Waals surface area contributed by atoms with Crippen LogP contribution in [0, 0.1) is 0 Å². The van der Waals surface area contributed by atoms with E-state index < -0.39 is 25.4 Å². The highest BCUT2D eigenvalue weighted by Crippen LogP contribution is 2.30. The first kappa shape index (κ1) is 16.1. The van der Waals surface area contributed by atoms with Crippen LogP contribution in [0.15, 0.2) is 24.6 Å². The molecule has 0 aromatic rings. The molecule has 18 heavy (non-hydrogen) atoms. The lowest BCUT2D eigenvalue weighted by atomic mass is 10.4. The van der Waals surface area contributed by atoms with Gasteiger partial charge in [-0.3, -0.25) is 0 Å². The lowest BCUT2D eigenvalue weighted by Gasteiger charge is -2.41. The van der Waals surface area contributed by atoms with Gasteiger partial charge in [-0.2, -0.15) is 0 Å². The quantitative estimate of drug-likeness (QED) is 0.701. The molecule has 0 aromatic heterocycles. The van der Waals surface area contributed by atoms with Crippen LogP contribution in [0.4, 0.5) is 0 Å². The second-order valence-electron chi connectivity index (χ2n) is 5.81. The molecule has 104 valence electrons. The second-order valence-corrected chi connectivity index (χ2v) is 16.8. The number of rotatable bonds is 6. The predicted octanol–water partition coefficient (Wildman–Crippen LogP) is 3.63. The first-order valence-corrected chi connectivity index (χ1v) is 14.5. The highest BCUT2D eigenvalue weighted by atomic mass is 28.5. The van der Waals surface area contributed by atoms with E-state index in [0.717, 1.165) is 25.5 Å². The summed E-state index contributed by atoms with van der Waals surface area (Å²) in [5, 5.41) is 0. The maximum absolute atomic E-state index is 6.36. The van der Waals surface area contributed by atoms with E-state index in [4.69, 9.17) is 12.7 Å². The Kier molecular flexibility index (Phi) is 5.33. The summed E-state index contributed by atoms with van der Waals surface area (Å²) in [6.45, 7) is 17.1. The van der Waals surface area contributed by atoms with Gasteiger partial charge in [-0.15, -0.1) is 13.2 Å². The normalized spacial score (nSPS) is 20.4. The van der Waals surface area contributed by atoms with E-state index in [1.165, 1.54) is 0 Å². The smallest absolute Gasteiger partial charge is 0.412 e. The molecule has 1 aliphatic rings. The molecule has 1 rings (SSSR count). The summed E-state index contributed by atoms with van der Waals surface area (Å²) in [4.78, 5) is 0. The van der Waals surface area contributed by atoms with Crippen molar-refractivity contribution in [3.63, 3.8) is 0 Å². The average molecular weight is 303 g/mol. The van der Waals surface area contributed by atoms with Crippen LogP contribution in [0.25, 0.3) is 0 Å². The molecule has 0 unspecified atom stereocenters. The van der Waals surface area contributed by atoms with Crippen molar-refractivity contribution >= 4 is 25.4 Å². The zero-order chi connectivity index (χ0) is 13.9. The van der Waals surface area contributed by atoms with E-state index in [0.29, 0.717) is 0 Å². The number of hydrogen-bond donors (Lipinski definition) is 0. The van der Waals surface area contributed by atoms with Crippen LogP contribution in [0.2, 0.25) is 32.2 Å². The summed E-state index contributed by atoms with van der Waals surface area (Å²) in [5.74, 6) is 0. The van der Waals surface area contributed by atoms with Gasteiger partial charge >= 0.3 is 8.80 Å². The highest BCUT2D eigenvalue weighted by molar-refractivity contribution is 6.89. The Labute approximate surface area is 114 Å². The van der Waals surface area contributed by atoms with Gasteiger partial charge in [0.05, 0.1) is 0 Å². The van der Waals surface area contributed by atoms with Gasteiger partial charge in [0.1, 0.15) is 0 Å². The Morgan fingerprint density at radius 1 is 1.00 bits per heavy atom. The van der Waals surface area contributed by atoms with Crippen LogP contribution in [0.3, 0.4) is 0 Å². The molecule has 0 spiro atoms. The molecule has 0 radical (unpaired) electrons. The summed E-state index contributed by atoms with van der Waals surface area (Å²) in [6.07, 6.45) is 2.24. The summed E-state index contributed by atoms with van der Waals surface area (Å²) >= 11 is 0. The summed E-state index contributed by atoms with van der Waals surface area (Å²) in [5.41, 5.74) is 3.90. The van der Waals surface area contributed by atoms with Gasteiger partial charge in [0.15, 0.2) is 0 Å². The molecular formula is C12H26O3Si3. The van der Waals surface area contributed by atoms with E-state index in [1.807, 2.05) is 11.4 Å². The van der Waals surface area contributed by atoms with Crippen LogP contribution in [-0.2, 0) is 12.7 Å². The van der Waals surface area contributed by atoms with Crippen molar-refractivity contribution in [1.82, 2.24) is 0 Å². The third kappa shape index (κ3) is 4.60. The van der Waals surface area contributed by atoms with Crippen molar-refractivity contribution in [2.45, 2.75) is 45.1 Å². The van der Waals surface area contributed by atoms with Crippen molar-refractivity contribution in [2.24, 2.45) is 0 Å². The summed E-state index contributed by atoms with van der Waals surface area (Å²) < 4.78 is 18.7. The molecule has 0 amide bonds. The predicted molar refractivity (Wildman–Crippen MR) is 83.3 cm³/mol. The molecule has 1 fully saturated rings. The molecule has 3 nitrogen and oxygen atoms in total. The van der Waals surface area contributed by atoms with E-state index in [2.05, 4.69) is 39.3 Å². The maximum atomic E-state index is 6.36. The zero-order valence-corrected chi connectivity index (χ0v) is 15.1. The van der Waals surface area contributed by atoms with Crippen molar-refractivity contribution in [1.29, 1.82) is 0 Å². The third-order valence-corrected chi connectivity index (χ3v) is 13.3. The van der Waals surface area contributed by atoms with Gasteiger partial charge < -0.3 is 12.7 Å². The lowest BCUT2D eigenvalue weighted by Crippen LogP contribution is -2.58. The lowest BCUT2D eigenvalue weighted by molar-refractivity contribution is 0.139. The van der Waals surface area contributed by atoms with Crippen LogP contribution in [0.5, 0.6) is 0 Å². The van der Waals surface area contributed by atoms with Gasteiger partial charge in [0, 0.05) is 12.7 Å². The Hall–Kier alpha value is 0.0106. The van der Waals surface area contributed by atoms with Gasteiger partial charge in [0.2, 0.25) is 16.6 Å². The monoisotopic (exact) mass is 302 g/mol. The average Bonchev–Trinajstić information content (AvgIpc) is 2.28. The molecule has 0 saturated carbocycles. The van der Waals surface area contributed by atoms with Crippen LogP contribution < -0.4 is 0 Å². The van der Waals surface area contributed by atoms with Gasteiger partial charge in [-0.1, -0.05) is 11.4 Å². The minimum Gasteiger partial charge on any atom is -0.412 e. The Morgan fingerprint density at radius 3 is 1.83 bits per heavy atom. The van der Waals surface area contributed by atoms with E-state index in [1.54, 1.807) is 0 Å². The highest BCUT2D eigenvalue weighted by Gasteiger charge is 2.49. The largest absolute Gasteiger partial charge is 0.480 e. The van der Waals surface area contributed by atoms with Gasteiger partial charge in [-0.05, 0) is 39.0 Å². The van der Waals surface area contributed by atoms with Crippen molar-refractivity contribution in [3.8, 4) is 0 Å². The standard InChI is InChI=1S/C12H26O3Si3/c1-7-16(3,4)14-18(12-10-9-11-13-18)15-17(5,6)8-2/h7-8H,1-2,9-12H2,3-6H3. The molecule has 0 N–H and O–H groups in total. The molecule has 0 atom stereocenters. The van der Waals surface area contributed by atoms with Gasteiger partial charge in [-0.25, -0.2) is 0 Å². The number of hydrogen-bond acceptors (Lipinski definition) is 3. The summed E-state index contributed by atoms with van der Waals surface area (Å²) in [6, 6.07) is 0.932. The van der Waals surface area contributed by atoms with E-state index in [9.17, 15) is 0 Å². The Bertz CT molecular complexity index is 286. The molecule has 0 aromatic carbocycles. The molecule has 0 bridgehead atoms. The zero-order valence-electron chi connectivity index (χ0n) is 12.1. The van der Waals surface area contributed by atoms with E-state index >= 15 is 0 Å². The molecule has 1 heterocycles. The Morgan fingerprint density at radius 2 is 1.50 bits per heavy atom. The summed E-state index contributed by atoms with van der Waals surface area (Å²) in [7, 11) is -6.29. The molecular weight excluding hydrogens is 276 g/mol. The van der Waals surface area contributed by atoms with Crippen LogP contribution in [-0.4, -0.2) is 32.0 Å².